The van der Waals surface area contributed by atoms with E-state index in [4.69, 9.17) is 9.78 Å². The van der Waals surface area contributed by atoms with Crippen molar-refractivity contribution in [1.82, 2.24) is 0 Å². The van der Waals surface area contributed by atoms with Gasteiger partial charge in [-0.3, -0.25) is 0 Å². The van der Waals surface area contributed by atoms with Gasteiger partial charge in [0.15, 0.2) is 5.60 Å². The van der Waals surface area contributed by atoms with Gasteiger partial charge in [-0.25, -0.2) is 9.78 Å². The van der Waals surface area contributed by atoms with Crippen molar-refractivity contribution < 1.29 is 9.78 Å². The molecule has 1 fully saturated rings. The van der Waals surface area contributed by atoms with Crippen molar-refractivity contribution in [3.05, 3.63) is 35.4 Å². The minimum atomic E-state index is -0.156. The molecule has 2 heteroatoms. The number of hydrogen-bond acceptors (Lipinski definition) is 2. The summed E-state index contributed by atoms with van der Waals surface area (Å²) in [4.78, 5) is 10.2. The van der Waals surface area contributed by atoms with Crippen LogP contribution in [0.1, 0.15) is 18.1 Å². The van der Waals surface area contributed by atoms with Gasteiger partial charge in [0.2, 0.25) is 0 Å². The highest BCUT2D eigenvalue weighted by molar-refractivity contribution is 5.39. The minimum Gasteiger partial charge on any atom is -0.228 e. The highest BCUT2D eigenvalue weighted by Gasteiger charge is 2.54. The van der Waals surface area contributed by atoms with Crippen molar-refractivity contribution in [2.24, 2.45) is 0 Å². The van der Waals surface area contributed by atoms with Crippen molar-refractivity contribution in [2.75, 3.05) is 0 Å². The maximum Gasteiger partial charge on any atom is 0.155 e. The second kappa shape index (κ2) is 1.90. The molecular weight excluding hydrogens is 152 g/mol. The minimum absolute atomic E-state index is 0.156. The molecule has 1 aromatic carbocycles. The SMILES string of the molecule is C[C@@]12OO[C@@H]1Cc1ccccc12. The summed E-state index contributed by atoms with van der Waals surface area (Å²) in [6, 6.07) is 8.38. The molecule has 1 saturated heterocycles. The summed E-state index contributed by atoms with van der Waals surface area (Å²) in [7, 11) is 0. The van der Waals surface area contributed by atoms with Gasteiger partial charge in [-0.05, 0) is 18.1 Å². The Kier molecular flexibility index (Phi) is 1.05. The van der Waals surface area contributed by atoms with Gasteiger partial charge in [0, 0.05) is 6.42 Å². The van der Waals surface area contributed by atoms with Crippen LogP contribution in [0.4, 0.5) is 0 Å². The van der Waals surface area contributed by atoms with Gasteiger partial charge in [0.05, 0.1) is 0 Å². The number of rotatable bonds is 0. The third-order valence-corrected chi connectivity index (χ3v) is 2.91. The van der Waals surface area contributed by atoms with Gasteiger partial charge in [0.25, 0.3) is 0 Å². The Morgan fingerprint density at radius 1 is 1.42 bits per heavy atom. The molecule has 12 heavy (non-hydrogen) atoms. The van der Waals surface area contributed by atoms with E-state index < -0.39 is 0 Å². The summed E-state index contributed by atoms with van der Waals surface area (Å²) < 4.78 is 0. The first-order valence-electron chi connectivity index (χ1n) is 4.23. The lowest BCUT2D eigenvalue weighted by atomic mass is 9.95. The van der Waals surface area contributed by atoms with E-state index in [1.165, 1.54) is 11.1 Å². The van der Waals surface area contributed by atoms with E-state index in [1.807, 2.05) is 6.07 Å². The zero-order chi connectivity index (χ0) is 8.18. The van der Waals surface area contributed by atoms with Gasteiger partial charge in [-0.1, -0.05) is 24.3 Å². The lowest BCUT2D eigenvalue weighted by Crippen LogP contribution is -2.48. The fourth-order valence-electron chi connectivity index (χ4n) is 2.09. The van der Waals surface area contributed by atoms with E-state index in [-0.39, 0.29) is 11.7 Å². The van der Waals surface area contributed by atoms with Crippen molar-refractivity contribution in [1.29, 1.82) is 0 Å². The first-order chi connectivity index (χ1) is 5.81. The molecular formula is C10H10O2. The smallest absolute Gasteiger partial charge is 0.155 e. The highest BCUT2D eigenvalue weighted by Crippen LogP contribution is 2.48. The van der Waals surface area contributed by atoms with Gasteiger partial charge in [0.1, 0.15) is 6.10 Å². The number of fused-ring (bicyclic) bond motifs is 3. The van der Waals surface area contributed by atoms with Crippen LogP contribution in [0.15, 0.2) is 24.3 Å². The highest BCUT2D eigenvalue weighted by atomic mass is 17.3. The molecule has 0 aromatic heterocycles. The van der Waals surface area contributed by atoms with Crippen LogP contribution >= 0.6 is 0 Å². The summed E-state index contributed by atoms with van der Waals surface area (Å²) in [5, 5.41) is 0. The predicted molar refractivity (Wildman–Crippen MR) is 43.5 cm³/mol. The quantitative estimate of drug-likeness (QED) is 0.541. The Labute approximate surface area is 71.0 Å². The molecule has 1 aliphatic heterocycles. The zero-order valence-electron chi connectivity index (χ0n) is 6.91. The average Bonchev–Trinajstić information content (AvgIpc) is 2.28. The Morgan fingerprint density at radius 2 is 2.25 bits per heavy atom. The normalized spacial score (nSPS) is 36.9. The Morgan fingerprint density at radius 3 is 3.00 bits per heavy atom. The maximum atomic E-state index is 5.17. The fourth-order valence-corrected chi connectivity index (χ4v) is 2.09. The first kappa shape index (κ1) is 6.63. The van der Waals surface area contributed by atoms with Gasteiger partial charge in [-0.2, -0.15) is 0 Å². The zero-order valence-corrected chi connectivity index (χ0v) is 6.91. The molecule has 2 aliphatic rings. The number of hydrogen-bond donors (Lipinski definition) is 0. The molecule has 1 heterocycles. The molecule has 0 N–H and O–H groups in total. The lowest BCUT2D eigenvalue weighted by molar-refractivity contribution is -0.507. The third kappa shape index (κ3) is 0.586. The van der Waals surface area contributed by atoms with Crippen LogP contribution in [0.3, 0.4) is 0 Å². The molecule has 2 atom stereocenters. The Bertz CT molecular complexity index is 334. The molecule has 0 spiro atoms. The van der Waals surface area contributed by atoms with Crippen LogP contribution < -0.4 is 0 Å². The van der Waals surface area contributed by atoms with Gasteiger partial charge >= 0.3 is 0 Å². The Hall–Kier alpha value is -0.860. The van der Waals surface area contributed by atoms with Crippen LogP contribution in [-0.4, -0.2) is 6.10 Å². The van der Waals surface area contributed by atoms with E-state index in [0.29, 0.717) is 0 Å². The van der Waals surface area contributed by atoms with Crippen molar-refractivity contribution >= 4 is 0 Å². The van der Waals surface area contributed by atoms with Crippen LogP contribution in [0.25, 0.3) is 0 Å². The molecule has 0 amide bonds. The van der Waals surface area contributed by atoms with E-state index >= 15 is 0 Å². The molecule has 0 unspecified atom stereocenters. The number of benzene rings is 1. The molecule has 0 bridgehead atoms. The second-order valence-corrected chi connectivity index (χ2v) is 3.64. The van der Waals surface area contributed by atoms with E-state index in [0.717, 1.165) is 6.42 Å². The summed E-state index contributed by atoms with van der Waals surface area (Å²) in [6.07, 6.45) is 1.24. The molecule has 0 saturated carbocycles. The monoisotopic (exact) mass is 162 g/mol. The molecule has 1 aromatic rings. The summed E-state index contributed by atoms with van der Waals surface area (Å²) in [5.41, 5.74) is 2.50. The van der Waals surface area contributed by atoms with E-state index in [9.17, 15) is 0 Å². The molecule has 2 nitrogen and oxygen atoms in total. The molecule has 3 rings (SSSR count). The second-order valence-electron chi connectivity index (χ2n) is 3.64. The van der Waals surface area contributed by atoms with E-state index in [1.54, 1.807) is 0 Å². The van der Waals surface area contributed by atoms with Gasteiger partial charge in [-0.15, -0.1) is 0 Å². The summed E-state index contributed by atoms with van der Waals surface area (Å²) >= 11 is 0. The van der Waals surface area contributed by atoms with Crippen LogP contribution in [-0.2, 0) is 21.8 Å². The van der Waals surface area contributed by atoms with Crippen LogP contribution in [0.5, 0.6) is 0 Å². The van der Waals surface area contributed by atoms with Crippen molar-refractivity contribution in [3.8, 4) is 0 Å². The summed E-state index contributed by atoms with van der Waals surface area (Å²) in [6.45, 7) is 2.09. The van der Waals surface area contributed by atoms with Gasteiger partial charge < -0.3 is 0 Å². The largest absolute Gasteiger partial charge is 0.228 e. The summed E-state index contributed by atoms with van der Waals surface area (Å²) in [5.74, 6) is 0. The average molecular weight is 162 g/mol. The predicted octanol–water partition coefficient (Wildman–Crippen LogP) is 1.79. The van der Waals surface area contributed by atoms with Crippen LogP contribution in [0, 0.1) is 0 Å². The van der Waals surface area contributed by atoms with Crippen LogP contribution in [0.2, 0.25) is 0 Å². The fraction of sp³-hybridized carbons (Fsp3) is 0.400. The standard InChI is InChI=1S/C10H10O2/c1-10-8-5-3-2-4-7(8)6-9(10)11-12-10/h2-5,9H,6H2,1H3/t9-,10+/m1/s1. The Balaban J connectivity index is 2.19. The third-order valence-electron chi connectivity index (χ3n) is 2.91. The van der Waals surface area contributed by atoms with Crippen molar-refractivity contribution in [2.45, 2.75) is 25.0 Å². The molecule has 1 aliphatic carbocycles. The topological polar surface area (TPSA) is 18.5 Å². The molecule has 0 radical (unpaired) electrons. The van der Waals surface area contributed by atoms with E-state index in [2.05, 4.69) is 25.1 Å². The maximum absolute atomic E-state index is 5.17. The first-order valence-corrected chi connectivity index (χ1v) is 4.23. The lowest BCUT2D eigenvalue weighted by Gasteiger charge is -2.39. The van der Waals surface area contributed by atoms with Crippen molar-refractivity contribution in [3.63, 3.8) is 0 Å². The molecule has 62 valence electrons.